The number of hydrogen-bond acceptors (Lipinski definition) is 4. The molecule has 3 aromatic rings. The van der Waals surface area contributed by atoms with E-state index in [2.05, 4.69) is 15.5 Å². The van der Waals surface area contributed by atoms with Gasteiger partial charge in [0.05, 0.1) is 12.6 Å². The third-order valence-corrected chi connectivity index (χ3v) is 4.12. The Hall–Kier alpha value is -2.89. The monoisotopic (exact) mass is 338 g/mol. The highest BCUT2D eigenvalue weighted by Gasteiger charge is 2.16. The van der Waals surface area contributed by atoms with Crippen molar-refractivity contribution in [1.82, 2.24) is 19.9 Å². The van der Waals surface area contributed by atoms with E-state index in [0.29, 0.717) is 17.8 Å². The number of carbonyl (C=O) groups excluding carboxylic acids is 1. The van der Waals surface area contributed by atoms with Gasteiger partial charge < -0.3 is 10.1 Å². The molecule has 1 atom stereocenters. The van der Waals surface area contributed by atoms with Gasteiger partial charge in [-0.25, -0.2) is 0 Å². The first-order valence-electron chi connectivity index (χ1n) is 8.35. The molecule has 0 aliphatic heterocycles. The zero-order valence-electron chi connectivity index (χ0n) is 14.9. The average Bonchev–Trinajstić information content (AvgIpc) is 2.97. The minimum atomic E-state index is -0.176. The van der Waals surface area contributed by atoms with E-state index in [0.717, 1.165) is 22.7 Å². The summed E-state index contributed by atoms with van der Waals surface area (Å²) in [7, 11) is 0. The third-order valence-electron chi connectivity index (χ3n) is 4.12. The van der Waals surface area contributed by atoms with Crippen LogP contribution in [0.2, 0.25) is 0 Å². The van der Waals surface area contributed by atoms with Gasteiger partial charge in [0.2, 0.25) is 0 Å². The lowest BCUT2D eigenvalue weighted by molar-refractivity contribution is 0.0939. The molecule has 0 aliphatic carbocycles. The molecule has 1 unspecified atom stereocenters. The first kappa shape index (κ1) is 17.0. The molecule has 130 valence electrons. The van der Waals surface area contributed by atoms with E-state index in [1.54, 1.807) is 12.1 Å². The Morgan fingerprint density at radius 2 is 2.04 bits per heavy atom. The summed E-state index contributed by atoms with van der Waals surface area (Å²) in [6, 6.07) is 9.32. The second-order valence-electron chi connectivity index (χ2n) is 6.06. The molecule has 0 radical (unpaired) electrons. The Bertz CT molecular complexity index is 917. The number of aromatic nitrogens is 3. The predicted molar refractivity (Wildman–Crippen MR) is 96.0 cm³/mol. The van der Waals surface area contributed by atoms with Crippen molar-refractivity contribution in [3.05, 3.63) is 59.0 Å². The summed E-state index contributed by atoms with van der Waals surface area (Å²) in [5.74, 6) is 1.43. The molecule has 3 rings (SSSR count). The van der Waals surface area contributed by atoms with Crippen molar-refractivity contribution in [3.8, 4) is 5.75 Å². The first-order chi connectivity index (χ1) is 12.0. The molecule has 0 saturated heterocycles. The Morgan fingerprint density at radius 1 is 1.24 bits per heavy atom. The number of carbonyl (C=O) groups is 1. The van der Waals surface area contributed by atoms with Gasteiger partial charge in [-0.05, 0) is 45.9 Å². The molecule has 2 aromatic heterocycles. The summed E-state index contributed by atoms with van der Waals surface area (Å²) in [5, 5.41) is 11.1. The highest BCUT2D eigenvalue weighted by Crippen LogP contribution is 2.26. The maximum Gasteiger partial charge on any atom is 0.251 e. The molecule has 0 bridgehead atoms. The zero-order valence-corrected chi connectivity index (χ0v) is 14.9. The average molecular weight is 338 g/mol. The normalized spacial score (nSPS) is 12.2. The van der Waals surface area contributed by atoms with Gasteiger partial charge in [0.15, 0.2) is 5.65 Å². The maximum atomic E-state index is 12.6. The summed E-state index contributed by atoms with van der Waals surface area (Å²) in [6.07, 6.45) is 1.81. The van der Waals surface area contributed by atoms with Crippen molar-refractivity contribution in [2.24, 2.45) is 0 Å². The van der Waals surface area contributed by atoms with Gasteiger partial charge in [-0.15, -0.1) is 10.2 Å². The molecule has 25 heavy (non-hydrogen) atoms. The SMILES string of the molecule is CCOc1ccc(C)cc1C(C)NC(=O)c1ccn2c(C)nnc2c1. The van der Waals surface area contributed by atoms with E-state index in [1.807, 2.05) is 56.5 Å². The topological polar surface area (TPSA) is 68.5 Å². The van der Waals surface area contributed by atoms with Crippen molar-refractivity contribution in [2.45, 2.75) is 33.7 Å². The van der Waals surface area contributed by atoms with E-state index < -0.39 is 0 Å². The Labute approximate surface area is 146 Å². The van der Waals surface area contributed by atoms with Crippen LogP contribution in [0.5, 0.6) is 5.75 Å². The lowest BCUT2D eigenvalue weighted by Gasteiger charge is -2.19. The van der Waals surface area contributed by atoms with Gasteiger partial charge >= 0.3 is 0 Å². The van der Waals surface area contributed by atoms with Gasteiger partial charge in [-0.2, -0.15) is 0 Å². The number of benzene rings is 1. The molecule has 0 fully saturated rings. The van der Waals surface area contributed by atoms with E-state index in [9.17, 15) is 4.79 Å². The van der Waals surface area contributed by atoms with Crippen LogP contribution in [0.4, 0.5) is 0 Å². The summed E-state index contributed by atoms with van der Waals surface area (Å²) >= 11 is 0. The number of aryl methyl sites for hydroxylation is 2. The van der Waals surface area contributed by atoms with Gasteiger partial charge in [0.25, 0.3) is 5.91 Å². The Kier molecular flexibility index (Phi) is 4.70. The van der Waals surface area contributed by atoms with Gasteiger partial charge in [-0.3, -0.25) is 9.20 Å². The van der Waals surface area contributed by atoms with Crippen LogP contribution in [0, 0.1) is 13.8 Å². The largest absolute Gasteiger partial charge is 0.494 e. The van der Waals surface area contributed by atoms with Crippen LogP contribution in [-0.4, -0.2) is 27.1 Å². The van der Waals surface area contributed by atoms with Crippen molar-refractivity contribution < 1.29 is 9.53 Å². The van der Waals surface area contributed by atoms with Crippen molar-refractivity contribution in [3.63, 3.8) is 0 Å². The molecule has 2 heterocycles. The lowest BCUT2D eigenvalue weighted by Crippen LogP contribution is -2.27. The quantitative estimate of drug-likeness (QED) is 0.775. The van der Waals surface area contributed by atoms with Crippen LogP contribution < -0.4 is 10.1 Å². The number of fused-ring (bicyclic) bond motifs is 1. The number of ether oxygens (including phenoxy) is 1. The lowest BCUT2D eigenvalue weighted by atomic mass is 10.0. The molecule has 1 aromatic carbocycles. The van der Waals surface area contributed by atoms with Crippen molar-refractivity contribution in [1.29, 1.82) is 0 Å². The summed E-state index contributed by atoms with van der Waals surface area (Å²) < 4.78 is 7.53. The summed E-state index contributed by atoms with van der Waals surface area (Å²) in [5.41, 5.74) is 3.30. The van der Waals surface area contributed by atoms with Crippen LogP contribution in [0.1, 0.15) is 47.2 Å². The van der Waals surface area contributed by atoms with Gasteiger partial charge in [0.1, 0.15) is 11.6 Å². The summed E-state index contributed by atoms with van der Waals surface area (Å²) in [6.45, 7) is 8.38. The standard InChI is InChI=1S/C19H22N4O2/c1-5-25-17-7-6-12(2)10-16(17)13(3)20-19(24)15-8-9-23-14(4)21-22-18(23)11-15/h6-11,13H,5H2,1-4H3,(H,20,24). The molecular formula is C19H22N4O2. The minimum absolute atomic E-state index is 0.153. The van der Waals surface area contributed by atoms with E-state index >= 15 is 0 Å². The number of rotatable bonds is 5. The van der Waals surface area contributed by atoms with E-state index in [1.165, 1.54) is 0 Å². The molecule has 6 heteroatoms. The molecule has 1 N–H and O–H groups in total. The molecular weight excluding hydrogens is 316 g/mol. The van der Waals surface area contributed by atoms with Crippen LogP contribution in [0.15, 0.2) is 36.5 Å². The second-order valence-corrected chi connectivity index (χ2v) is 6.06. The third kappa shape index (κ3) is 3.47. The van der Waals surface area contributed by atoms with Gasteiger partial charge in [-0.1, -0.05) is 17.7 Å². The fourth-order valence-electron chi connectivity index (χ4n) is 2.80. The van der Waals surface area contributed by atoms with Crippen LogP contribution in [-0.2, 0) is 0 Å². The smallest absolute Gasteiger partial charge is 0.251 e. The number of pyridine rings is 1. The van der Waals surface area contributed by atoms with Gasteiger partial charge in [0, 0.05) is 17.3 Å². The molecule has 6 nitrogen and oxygen atoms in total. The van der Waals surface area contributed by atoms with Crippen LogP contribution >= 0.6 is 0 Å². The van der Waals surface area contributed by atoms with Crippen molar-refractivity contribution in [2.75, 3.05) is 6.61 Å². The number of hydrogen-bond donors (Lipinski definition) is 1. The number of amides is 1. The fourth-order valence-corrected chi connectivity index (χ4v) is 2.80. The Balaban J connectivity index is 1.83. The maximum absolute atomic E-state index is 12.6. The second kappa shape index (κ2) is 6.93. The Morgan fingerprint density at radius 3 is 2.80 bits per heavy atom. The van der Waals surface area contributed by atoms with E-state index in [-0.39, 0.29) is 11.9 Å². The highest BCUT2D eigenvalue weighted by atomic mass is 16.5. The van der Waals surface area contributed by atoms with Crippen molar-refractivity contribution >= 4 is 11.6 Å². The van der Waals surface area contributed by atoms with Crippen LogP contribution in [0.3, 0.4) is 0 Å². The molecule has 0 spiro atoms. The fraction of sp³-hybridized carbons (Fsp3) is 0.316. The van der Waals surface area contributed by atoms with Crippen LogP contribution in [0.25, 0.3) is 5.65 Å². The summed E-state index contributed by atoms with van der Waals surface area (Å²) in [4.78, 5) is 12.6. The highest BCUT2D eigenvalue weighted by molar-refractivity contribution is 5.95. The molecule has 1 amide bonds. The molecule has 0 aliphatic rings. The predicted octanol–water partition coefficient (Wildman–Crippen LogP) is 3.24. The molecule has 0 saturated carbocycles. The first-order valence-corrected chi connectivity index (χ1v) is 8.35. The van der Waals surface area contributed by atoms with E-state index in [4.69, 9.17) is 4.74 Å². The number of nitrogens with zero attached hydrogens (tertiary/aromatic N) is 3. The number of nitrogens with one attached hydrogen (secondary N) is 1. The minimum Gasteiger partial charge on any atom is -0.494 e. The zero-order chi connectivity index (χ0) is 18.0.